The van der Waals surface area contributed by atoms with Gasteiger partial charge in [0.2, 0.25) is 0 Å². The Morgan fingerprint density at radius 3 is 2.19 bits per heavy atom. The molecule has 0 saturated heterocycles. The lowest BCUT2D eigenvalue weighted by Crippen LogP contribution is -2.18. The lowest BCUT2D eigenvalue weighted by molar-refractivity contribution is 0.0705. The molecule has 1 aromatic heterocycles. The van der Waals surface area contributed by atoms with Crippen molar-refractivity contribution in [2.24, 2.45) is 0 Å². The van der Waals surface area contributed by atoms with Gasteiger partial charge in [0.1, 0.15) is 0 Å². The zero-order chi connectivity index (χ0) is 22.1. The van der Waals surface area contributed by atoms with Gasteiger partial charge >= 0.3 is 0 Å². The first-order chi connectivity index (χ1) is 15.0. The molecule has 4 aromatic rings. The number of rotatable bonds is 8. The third-order valence-corrected chi connectivity index (χ3v) is 5.29. The first kappa shape index (κ1) is 20.7. The van der Waals surface area contributed by atoms with E-state index in [2.05, 4.69) is 10.3 Å². The molecule has 0 aliphatic rings. The first-order valence-electron chi connectivity index (χ1n) is 9.81. The number of methoxy groups -OCH3 is 1. The van der Waals surface area contributed by atoms with E-state index >= 15 is 0 Å². The average Bonchev–Trinajstić information content (AvgIpc) is 3.06. The number of fused-ring (bicyclic) bond motifs is 3. The Kier molecular flexibility index (Phi) is 5.53. The van der Waals surface area contributed by atoms with Gasteiger partial charge in [0.05, 0.1) is 46.1 Å². The van der Waals surface area contributed by atoms with Gasteiger partial charge in [-0.15, -0.1) is 0 Å². The Morgan fingerprint density at radius 2 is 1.52 bits per heavy atom. The number of anilines is 2. The van der Waals surface area contributed by atoms with E-state index in [1.165, 1.54) is 0 Å². The molecule has 31 heavy (non-hydrogen) atoms. The topological polar surface area (TPSA) is 141 Å². The van der Waals surface area contributed by atoms with Crippen LogP contribution in [0.2, 0.25) is 0 Å². The number of nitrogen functional groups attached to an aromatic ring is 1. The summed E-state index contributed by atoms with van der Waals surface area (Å²) in [5.74, 6) is 0. The summed E-state index contributed by atoms with van der Waals surface area (Å²) in [6.45, 7) is 1.70. The van der Waals surface area contributed by atoms with Crippen LogP contribution in [0.3, 0.4) is 0 Å². The number of aromatic amines is 1. The van der Waals surface area contributed by atoms with Crippen LogP contribution < -0.4 is 33.0 Å². The van der Waals surface area contributed by atoms with Crippen LogP contribution >= 0.6 is 0 Å². The fourth-order valence-electron chi connectivity index (χ4n) is 3.88. The SMILES string of the molecule is COCCOCCCNc1c2c(=O)[nH]c(=O)c2c(N)c2c(=O)c3ccccc3c(=O)c12. The number of H-pyrrole nitrogens is 1. The second-order valence-corrected chi connectivity index (χ2v) is 7.16. The minimum absolute atomic E-state index is 0.0120. The van der Waals surface area contributed by atoms with Crippen LogP contribution in [-0.4, -0.2) is 38.5 Å². The maximum Gasteiger partial charge on any atom is 0.261 e. The first-order valence-corrected chi connectivity index (χ1v) is 9.81. The van der Waals surface area contributed by atoms with Crippen LogP contribution in [0.4, 0.5) is 11.4 Å². The molecule has 3 aromatic carbocycles. The molecule has 0 unspecified atom stereocenters. The Labute approximate surface area is 175 Å². The fourth-order valence-corrected chi connectivity index (χ4v) is 3.88. The van der Waals surface area contributed by atoms with Crippen LogP contribution in [0, 0.1) is 0 Å². The second-order valence-electron chi connectivity index (χ2n) is 7.16. The Bertz CT molecular complexity index is 1500. The monoisotopic (exact) mass is 423 g/mol. The molecular weight excluding hydrogens is 402 g/mol. The number of nitrogens with one attached hydrogen (secondary N) is 2. The van der Waals surface area contributed by atoms with Crippen molar-refractivity contribution in [3.05, 3.63) is 65.4 Å². The van der Waals surface area contributed by atoms with Gasteiger partial charge in [0.15, 0.2) is 10.9 Å². The summed E-state index contributed by atoms with van der Waals surface area (Å²) >= 11 is 0. The van der Waals surface area contributed by atoms with E-state index in [-0.39, 0.29) is 43.7 Å². The molecule has 0 aliphatic heterocycles. The highest BCUT2D eigenvalue weighted by atomic mass is 16.5. The standard InChI is InChI=1S/C22H21N3O6/c1-30-9-10-31-8-4-7-24-18-15-13(17(23)14-16(18)22(29)25-21(14)28)19(26)11-5-2-3-6-12(11)20(15)27/h2-3,5-6,24H,4,7-10,23H2,1H3,(H,25,28,29). The average molecular weight is 423 g/mol. The molecule has 9 heteroatoms. The minimum Gasteiger partial charge on any atom is -0.397 e. The van der Waals surface area contributed by atoms with Crippen molar-refractivity contribution >= 4 is 43.7 Å². The summed E-state index contributed by atoms with van der Waals surface area (Å²) in [5, 5.41) is 3.40. The molecule has 4 rings (SSSR count). The van der Waals surface area contributed by atoms with Gasteiger partial charge < -0.3 is 20.5 Å². The fraction of sp³-hybridized carbons (Fsp3) is 0.273. The highest BCUT2D eigenvalue weighted by molar-refractivity contribution is 6.21. The van der Waals surface area contributed by atoms with Crippen LogP contribution in [0.5, 0.6) is 0 Å². The zero-order valence-electron chi connectivity index (χ0n) is 16.9. The number of ether oxygens (including phenoxy) is 2. The molecule has 0 fully saturated rings. The molecule has 9 nitrogen and oxygen atoms in total. The number of hydrogen-bond donors (Lipinski definition) is 3. The molecule has 0 radical (unpaired) electrons. The van der Waals surface area contributed by atoms with E-state index in [0.717, 1.165) is 0 Å². The van der Waals surface area contributed by atoms with Crippen molar-refractivity contribution < 1.29 is 9.47 Å². The zero-order valence-corrected chi connectivity index (χ0v) is 16.9. The highest BCUT2D eigenvalue weighted by Gasteiger charge is 2.24. The lowest BCUT2D eigenvalue weighted by Gasteiger charge is -2.13. The van der Waals surface area contributed by atoms with Gasteiger partial charge in [-0.3, -0.25) is 24.2 Å². The Morgan fingerprint density at radius 1 is 0.871 bits per heavy atom. The molecule has 0 bridgehead atoms. The molecule has 160 valence electrons. The van der Waals surface area contributed by atoms with Crippen molar-refractivity contribution in [3.8, 4) is 0 Å². The summed E-state index contributed by atoms with van der Waals surface area (Å²) in [6.07, 6.45) is 0.561. The summed E-state index contributed by atoms with van der Waals surface area (Å²) in [4.78, 5) is 53.6. The molecule has 1 heterocycles. The highest BCUT2D eigenvalue weighted by Crippen LogP contribution is 2.33. The van der Waals surface area contributed by atoms with E-state index in [0.29, 0.717) is 32.8 Å². The van der Waals surface area contributed by atoms with Crippen molar-refractivity contribution in [1.82, 2.24) is 4.98 Å². The van der Waals surface area contributed by atoms with Crippen LogP contribution in [-0.2, 0) is 9.47 Å². The summed E-state index contributed by atoms with van der Waals surface area (Å²) in [6, 6.07) is 6.41. The largest absolute Gasteiger partial charge is 0.397 e. The van der Waals surface area contributed by atoms with Crippen LogP contribution in [0.1, 0.15) is 6.42 Å². The van der Waals surface area contributed by atoms with Crippen molar-refractivity contribution in [1.29, 1.82) is 0 Å². The van der Waals surface area contributed by atoms with E-state index in [1.54, 1.807) is 31.4 Å². The Balaban J connectivity index is 1.93. The maximum atomic E-state index is 13.3. The number of aromatic nitrogens is 1. The predicted molar refractivity (Wildman–Crippen MR) is 121 cm³/mol. The lowest BCUT2D eigenvalue weighted by atomic mass is 9.96. The van der Waals surface area contributed by atoms with E-state index in [4.69, 9.17) is 15.2 Å². The molecule has 4 N–H and O–H groups in total. The molecule has 0 atom stereocenters. The van der Waals surface area contributed by atoms with Gasteiger partial charge in [0, 0.05) is 31.0 Å². The van der Waals surface area contributed by atoms with E-state index in [9.17, 15) is 19.2 Å². The van der Waals surface area contributed by atoms with Crippen molar-refractivity contribution in [2.75, 3.05) is 44.5 Å². The summed E-state index contributed by atoms with van der Waals surface area (Å²) in [7, 11) is 1.58. The van der Waals surface area contributed by atoms with Gasteiger partial charge in [-0.25, -0.2) is 0 Å². The third kappa shape index (κ3) is 3.37. The molecular formula is C22H21N3O6. The quantitative estimate of drug-likeness (QED) is 0.164. The smallest absolute Gasteiger partial charge is 0.261 e. The van der Waals surface area contributed by atoms with Gasteiger partial charge in [-0.2, -0.15) is 0 Å². The van der Waals surface area contributed by atoms with E-state index in [1.807, 2.05) is 0 Å². The third-order valence-electron chi connectivity index (χ3n) is 5.29. The summed E-state index contributed by atoms with van der Waals surface area (Å²) < 4.78 is 10.3. The molecule has 0 amide bonds. The Hall–Kier alpha value is -3.56. The van der Waals surface area contributed by atoms with Gasteiger partial charge in [-0.05, 0) is 6.42 Å². The normalized spacial score (nSPS) is 11.6. The summed E-state index contributed by atoms with van der Waals surface area (Å²) in [5.41, 5.74) is 3.92. The van der Waals surface area contributed by atoms with Crippen LogP contribution in [0.25, 0.3) is 32.3 Å². The molecule has 0 aliphatic carbocycles. The van der Waals surface area contributed by atoms with Crippen LogP contribution in [0.15, 0.2) is 43.4 Å². The number of nitrogens with two attached hydrogens (primary N) is 1. The van der Waals surface area contributed by atoms with Crippen molar-refractivity contribution in [2.45, 2.75) is 6.42 Å². The van der Waals surface area contributed by atoms with E-state index < -0.39 is 22.0 Å². The molecule has 0 saturated carbocycles. The predicted octanol–water partition coefficient (Wildman–Crippen LogP) is 0.838. The van der Waals surface area contributed by atoms with Crippen molar-refractivity contribution in [3.63, 3.8) is 0 Å². The second kappa shape index (κ2) is 8.29. The van der Waals surface area contributed by atoms with Gasteiger partial charge in [0.25, 0.3) is 11.1 Å². The maximum absolute atomic E-state index is 13.3. The number of benzene rings is 3. The van der Waals surface area contributed by atoms with Gasteiger partial charge in [-0.1, -0.05) is 24.3 Å². The molecule has 0 spiro atoms. The number of hydrogen-bond acceptors (Lipinski definition) is 8. The minimum atomic E-state index is -0.689.